The maximum atomic E-state index is 6.05. The lowest BCUT2D eigenvalue weighted by Crippen LogP contribution is -2.27. The molecule has 0 N–H and O–H groups in total. The first kappa shape index (κ1) is 22.9. The fourth-order valence-corrected chi connectivity index (χ4v) is 4.39. The molecule has 0 aliphatic carbocycles. The number of rotatable bonds is 11. The fraction of sp³-hybridized carbons (Fsp3) is 0.345. The van der Waals surface area contributed by atoms with Crippen LogP contribution in [0.25, 0.3) is 6.08 Å². The Morgan fingerprint density at radius 2 is 1.91 bits per heavy atom. The topological polar surface area (TPSA) is 28.6 Å². The number of nitrogens with zero attached hydrogens (tertiary/aromatic N) is 3. The van der Waals surface area contributed by atoms with E-state index in [1.165, 1.54) is 28.1 Å². The number of fused-ring (bicyclic) bond motifs is 1. The average Bonchev–Trinajstić information content (AvgIpc) is 2.84. The third-order valence-electron chi connectivity index (χ3n) is 6.28. The molecule has 1 aromatic heterocycles. The molecule has 0 spiro atoms. The Labute approximate surface area is 198 Å². The highest BCUT2D eigenvalue weighted by molar-refractivity contribution is 5.72. The second-order valence-electron chi connectivity index (χ2n) is 8.80. The van der Waals surface area contributed by atoms with Crippen LogP contribution in [0.5, 0.6) is 5.75 Å². The molecule has 3 aromatic rings. The summed E-state index contributed by atoms with van der Waals surface area (Å²) in [7, 11) is 2.12. The SMILES string of the molecule is Cc1ccccc1N(CCCCCOc1ccc2c(c1)C=CCN2C)CCc1cccnc1. The Hall–Kier alpha value is -3.27. The van der Waals surface area contributed by atoms with Crippen LogP contribution in [0.15, 0.2) is 73.1 Å². The molecular weight excluding hydrogens is 406 g/mol. The van der Waals surface area contributed by atoms with E-state index in [0.29, 0.717) is 0 Å². The number of likely N-dealkylation sites (N-methyl/N-ethyl adjacent to an activating group) is 1. The minimum Gasteiger partial charge on any atom is -0.494 e. The van der Waals surface area contributed by atoms with Crippen LogP contribution < -0.4 is 14.5 Å². The van der Waals surface area contributed by atoms with Crippen LogP contribution in [-0.4, -0.2) is 38.3 Å². The number of aryl methyl sites for hydroxylation is 1. The number of para-hydroxylation sites is 1. The maximum absolute atomic E-state index is 6.05. The summed E-state index contributed by atoms with van der Waals surface area (Å²) in [5.41, 5.74) is 6.47. The molecule has 2 heterocycles. The molecule has 0 unspecified atom stereocenters. The van der Waals surface area contributed by atoms with Gasteiger partial charge in [-0.15, -0.1) is 0 Å². The lowest BCUT2D eigenvalue weighted by molar-refractivity contribution is 0.305. The quantitative estimate of drug-likeness (QED) is 0.334. The lowest BCUT2D eigenvalue weighted by atomic mass is 10.1. The van der Waals surface area contributed by atoms with Gasteiger partial charge in [-0.1, -0.05) is 36.4 Å². The van der Waals surface area contributed by atoms with Crippen molar-refractivity contribution >= 4 is 17.5 Å². The van der Waals surface area contributed by atoms with Gasteiger partial charge in [0.2, 0.25) is 0 Å². The second kappa shape index (κ2) is 11.6. The zero-order valence-electron chi connectivity index (χ0n) is 19.9. The van der Waals surface area contributed by atoms with Gasteiger partial charge in [0.05, 0.1) is 6.61 Å². The molecule has 0 radical (unpaired) electrons. The van der Waals surface area contributed by atoms with E-state index in [-0.39, 0.29) is 0 Å². The number of anilines is 2. The van der Waals surface area contributed by atoms with Gasteiger partial charge in [-0.25, -0.2) is 0 Å². The van der Waals surface area contributed by atoms with Gasteiger partial charge in [0.25, 0.3) is 0 Å². The van der Waals surface area contributed by atoms with Crippen molar-refractivity contribution in [2.24, 2.45) is 0 Å². The van der Waals surface area contributed by atoms with Crippen molar-refractivity contribution in [3.63, 3.8) is 0 Å². The standard InChI is InChI=1S/C29H35N3O/c1-24-10-4-5-13-28(24)32(20-16-25-11-8-17-30-23-25)19-6-3-7-21-33-27-14-15-29-26(22-27)12-9-18-31(29)2/h4-5,8-15,17,22-23H,3,6-7,16,18-21H2,1-2H3. The first-order valence-corrected chi connectivity index (χ1v) is 12.0. The molecule has 1 aliphatic heterocycles. The number of unbranched alkanes of at least 4 members (excludes halogenated alkanes) is 2. The summed E-state index contributed by atoms with van der Waals surface area (Å²) in [6, 6.07) is 19.3. The van der Waals surface area contributed by atoms with E-state index in [1.54, 1.807) is 0 Å². The van der Waals surface area contributed by atoms with E-state index in [0.717, 1.165) is 57.7 Å². The first-order valence-electron chi connectivity index (χ1n) is 12.0. The number of hydrogen-bond acceptors (Lipinski definition) is 4. The van der Waals surface area contributed by atoms with Crippen molar-refractivity contribution in [2.45, 2.75) is 32.6 Å². The Kier molecular flexibility index (Phi) is 8.02. The van der Waals surface area contributed by atoms with Gasteiger partial charge in [-0.3, -0.25) is 4.98 Å². The molecule has 172 valence electrons. The van der Waals surface area contributed by atoms with E-state index in [9.17, 15) is 0 Å². The van der Waals surface area contributed by atoms with Crippen molar-refractivity contribution in [1.82, 2.24) is 4.98 Å². The van der Waals surface area contributed by atoms with Crippen molar-refractivity contribution in [2.75, 3.05) is 43.1 Å². The van der Waals surface area contributed by atoms with E-state index in [2.05, 4.69) is 89.4 Å². The Bertz CT molecular complexity index is 1050. The Balaban J connectivity index is 1.24. The molecule has 0 amide bonds. The number of pyridine rings is 1. The maximum Gasteiger partial charge on any atom is 0.120 e. The summed E-state index contributed by atoms with van der Waals surface area (Å²) in [5, 5.41) is 0. The third-order valence-corrected chi connectivity index (χ3v) is 6.28. The van der Waals surface area contributed by atoms with Gasteiger partial charge in [-0.2, -0.15) is 0 Å². The number of aromatic nitrogens is 1. The van der Waals surface area contributed by atoms with Gasteiger partial charge in [0.15, 0.2) is 0 Å². The predicted molar refractivity (Wildman–Crippen MR) is 139 cm³/mol. The Morgan fingerprint density at radius 1 is 1.00 bits per heavy atom. The summed E-state index contributed by atoms with van der Waals surface area (Å²) in [6.07, 6.45) is 12.6. The molecule has 0 saturated carbocycles. The molecule has 4 nitrogen and oxygen atoms in total. The molecule has 4 rings (SSSR count). The number of ether oxygens (including phenoxy) is 1. The minimum atomic E-state index is 0.762. The third kappa shape index (κ3) is 6.38. The van der Waals surface area contributed by atoms with Crippen molar-refractivity contribution < 1.29 is 4.74 Å². The highest BCUT2D eigenvalue weighted by Crippen LogP contribution is 2.28. The summed E-state index contributed by atoms with van der Waals surface area (Å²) in [4.78, 5) is 9.04. The normalized spacial score (nSPS) is 12.5. The van der Waals surface area contributed by atoms with Gasteiger partial charge in [0, 0.05) is 56.0 Å². The smallest absolute Gasteiger partial charge is 0.120 e. The highest BCUT2D eigenvalue weighted by atomic mass is 16.5. The van der Waals surface area contributed by atoms with Gasteiger partial charge in [-0.05, 0) is 74.1 Å². The Morgan fingerprint density at radius 3 is 2.76 bits per heavy atom. The minimum absolute atomic E-state index is 0.762. The van der Waals surface area contributed by atoms with E-state index >= 15 is 0 Å². The van der Waals surface area contributed by atoms with E-state index < -0.39 is 0 Å². The van der Waals surface area contributed by atoms with Gasteiger partial charge >= 0.3 is 0 Å². The van der Waals surface area contributed by atoms with Crippen molar-refractivity contribution in [3.8, 4) is 5.75 Å². The van der Waals surface area contributed by atoms with Crippen molar-refractivity contribution in [1.29, 1.82) is 0 Å². The van der Waals surface area contributed by atoms with Crippen LogP contribution in [-0.2, 0) is 6.42 Å². The summed E-state index contributed by atoms with van der Waals surface area (Å²) < 4.78 is 6.05. The molecule has 0 saturated heterocycles. The molecule has 1 aliphatic rings. The van der Waals surface area contributed by atoms with Crippen LogP contribution >= 0.6 is 0 Å². The van der Waals surface area contributed by atoms with Crippen LogP contribution in [0, 0.1) is 6.92 Å². The predicted octanol–water partition coefficient (Wildman–Crippen LogP) is 6.15. The van der Waals surface area contributed by atoms with Crippen LogP contribution in [0.4, 0.5) is 11.4 Å². The summed E-state index contributed by atoms with van der Waals surface area (Å²) in [6.45, 7) is 5.99. The molecule has 0 fully saturated rings. The number of hydrogen-bond donors (Lipinski definition) is 0. The molecule has 0 bridgehead atoms. The van der Waals surface area contributed by atoms with Gasteiger partial charge in [0.1, 0.15) is 5.75 Å². The zero-order valence-corrected chi connectivity index (χ0v) is 19.9. The monoisotopic (exact) mass is 441 g/mol. The van der Waals surface area contributed by atoms with Crippen LogP contribution in [0.2, 0.25) is 0 Å². The summed E-state index contributed by atoms with van der Waals surface area (Å²) in [5.74, 6) is 0.965. The molecule has 2 aromatic carbocycles. The zero-order chi connectivity index (χ0) is 22.9. The van der Waals surface area contributed by atoms with E-state index in [1.807, 2.05) is 18.5 Å². The molecule has 0 atom stereocenters. The second-order valence-corrected chi connectivity index (χ2v) is 8.80. The fourth-order valence-electron chi connectivity index (χ4n) is 4.39. The van der Waals surface area contributed by atoms with Crippen LogP contribution in [0.1, 0.15) is 36.0 Å². The van der Waals surface area contributed by atoms with E-state index in [4.69, 9.17) is 4.74 Å². The molecular formula is C29H35N3O. The van der Waals surface area contributed by atoms with Crippen LogP contribution in [0.3, 0.4) is 0 Å². The average molecular weight is 442 g/mol. The summed E-state index contributed by atoms with van der Waals surface area (Å²) >= 11 is 0. The molecule has 4 heteroatoms. The van der Waals surface area contributed by atoms with Crippen molar-refractivity contribution in [3.05, 3.63) is 89.8 Å². The highest BCUT2D eigenvalue weighted by Gasteiger charge is 2.11. The number of benzene rings is 2. The first-order chi connectivity index (χ1) is 16.2. The molecule has 33 heavy (non-hydrogen) atoms. The van der Waals surface area contributed by atoms with Gasteiger partial charge < -0.3 is 14.5 Å². The largest absolute Gasteiger partial charge is 0.494 e. The lowest BCUT2D eigenvalue weighted by Gasteiger charge is -2.26.